The quantitative estimate of drug-likeness (QED) is 0.359. The van der Waals surface area contributed by atoms with Crippen molar-refractivity contribution in [1.82, 2.24) is 20.3 Å². The zero-order chi connectivity index (χ0) is 22.6. The van der Waals surface area contributed by atoms with E-state index in [2.05, 4.69) is 25.1 Å². The molecule has 0 aliphatic rings. The average molecular weight is 415 g/mol. The van der Waals surface area contributed by atoms with Crippen LogP contribution in [0.4, 0.5) is 0 Å². The Morgan fingerprint density at radius 1 is 1.23 bits per heavy atom. The first-order valence-electron chi connectivity index (χ1n) is 10.1. The molecule has 0 radical (unpaired) electrons. The molecule has 0 saturated carbocycles. The largest absolute Gasteiger partial charge is 0.362 e. The van der Waals surface area contributed by atoms with Gasteiger partial charge in [-0.2, -0.15) is 0 Å². The Morgan fingerprint density at radius 2 is 1.94 bits per heavy atom. The van der Waals surface area contributed by atoms with Gasteiger partial charge in [0.15, 0.2) is 11.4 Å². The van der Waals surface area contributed by atoms with E-state index in [1.54, 1.807) is 18.5 Å². The van der Waals surface area contributed by atoms with Gasteiger partial charge in [0.25, 0.3) is 5.70 Å². The van der Waals surface area contributed by atoms with Crippen LogP contribution >= 0.6 is 0 Å². The number of carbonyl (C=O) groups excluding carboxylic acids is 2. The Bertz CT molecular complexity index is 1190. The Hall–Kier alpha value is -3.79. The van der Waals surface area contributed by atoms with Crippen molar-refractivity contribution in [2.75, 3.05) is 6.54 Å². The topological polar surface area (TPSA) is 92.1 Å². The van der Waals surface area contributed by atoms with E-state index in [9.17, 15) is 9.59 Å². The number of likely N-dealkylation sites (N-methyl/N-ethyl adjacent to an activating group) is 1. The van der Waals surface area contributed by atoms with Gasteiger partial charge < -0.3 is 10.3 Å². The van der Waals surface area contributed by atoms with Gasteiger partial charge in [-0.1, -0.05) is 45.0 Å². The van der Waals surface area contributed by atoms with Gasteiger partial charge in [-0.25, -0.2) is 14.8 Å². The minimum absolute atomic E-state index is 0.0177. The number of hydrogen-bond acceptors (Lipinski definition) is 4. The van der Waals surface area contributed by atoms with Gasteiger partial charge in [0.1, 0.15) is 5.52 Å². The number of H-pyrrole nitrogens is 1. The maximum Gasteiger partial charge on any atom is 0.250 e. The second kappa shape index (κ2) is 8.92. The SMILES string of the molecule is [C-]#[N+]C(=Cc1ccc(Cc2cnc3[nH]cc(C(=O)C(C)(C)C)c3n2)cc1)C(=O)NCC. The molecule has 0 saturated heterocycles. The van der Waals surface area contributed by atoms with Crippen molar-refractivity contribution in [3.63, 3.8) is 0 Å². The minimum Gasteiger partial charge on any atom is -0.362 e. The number of nitrogens with one attached hydrogen (secondary N) is 2. The molecule has 0 aliphatic carbocycles. The number of fused-ring (bicyclic) bond motifs is 1. The van der Waals surface area contributed by atoms with Crippen LogP contribution in [0.1, 0.15) is 54.9 Å². The molecule has 0 bridgehead atoms. The summed E-state index contributed by atoms with van der Waals surface area (Å²) >= 11 is 0. The molecule has 2 heterocycles. The van der Waals surface area contributed by atoms with Crippen LogP contribution in [0.3, 0.4) is 0 Å². The van der Waals surface area contributed by atoms with Crippen molar-refractivity contribution in [3.8, 4) is 0 Å². The van der Waals surface area contributed by atoms with Crippen molar-refractivity contribution >= 4 is 28.9 Å². The van der Waals surface area contributed by atoms with Crippen molar-refractivity contribution < 1.29 is 9.59 Å². The number of hydrogen-bond donors (Lipinski definition) is 2. The minimum atomic E-state index is -0.506. The van der Waals surface area contributed by atoms with E-state index in [-0.39, 0.29) is 17.4 Å². The number of ketones is 1. The number of carbonyl (C=O) groups is 2. The third kappa shape index (κ3) is 5.04. The number of rotatable bonds is 6. The van der Waals surface area contributed by atoms with Gasteiger partial charge in [0.05, 0.1) is 24.0 Å². The molecular formula is C24H25N5O2. The van der Waals surface area contributed by atoms with Gasteiger partial charge >= 0.3 is 0 Å². The van der Waals surface area contributed by atoms with Crippen LogP contribution in [0.25, 0.3) is 22.1 Å². The van der Waals surface area contributed by atoms with E-state index >= 15 is 0 Å². The molecule has 0 aliphatic heterocycles. The summed E-state index contributed by atoms with van der Waals surface area (Å²) in [6.45, 7) is 15.1. The summed E-state index contributed by atoms with van der Waals surface area (Å²) in [5.74, 6) is -0.360. The van der Waals surface area contributed by atoms with E-state index in [4.69, 9.17) is 6.57 Å². The number of amides is 1. The normalized spacial score (nSPS) is 11.9. The van der Waals surface area contributed by atoms with Crippen LogP contribution in [-0.4, -0.2) is 33.2 Å². The number of nitrogens with zero attached hydrogens (tertiary/aromatic N) is 3. The van der Waals surface area contributed by atoms with Gasteiger partial charge in [0.2, 0.25) is 5.91 Å². The first-order valence-corrected chi connectivity index (χ1v) is 10.1. The smallest absolute Gasteiger partial charge is 0.250 e. The van der Waals surface area contributed by atoms with E-state index in [0.29, 0.717) is 29.7 Å². The molecular weight excluding hydrogens is 390 g/mol. The zero-order valence-corrected chi connectivity index (χ0v) is 18.1. The average Bonchev–Trinajstić information content (AvgIpc) is 3.15. The van der Waals surface area contributed by atoms with Crippen LogP contribution < -0.4 is 5.32 Å². The standard InChI is InChI=1S/C24H25N5O2/c1-6-26-23(31)19(25-5)12-16-9-7-15(8-10-16)11-17-13-27-22-20(29-17)18(14-28-22)21(30)24(2,3)4/h7-10,12-14H,6,11H2,1-4H3,(H,26,31)(H,27,28). The molecule has 0 fully saturated rings. The van der Waals surface area contributed by atoms with Crippen LogP contribution in [-0.2, 0) is 11.2 Å². The first-order chi connectivity index (χ1) is 14.7. The Morgan fingerprint density at radius 3 is 2.55 bits per heavy atom. The van der Waals surface area contributed by atoms with Gasteiger partial charge in [-0.15, -0.1) is 0 Å². The lowest BCUT2D eigenvalue weighted by atomic mass is 9.87. The van der Waals surface area contributed by atoms with Gasteiger partial charge in [-0.3, -0.25) is 9.59 Å². The lowest BCUT2D eigenvalue weighted by molar-refractivity contribution is -0.117. The van der Waals surface area contributed by atoms with Crippen molar-refractivity contribution in [3.05, 3.63) is 76.2 Å². The van der Waals surface area contributed by atoms with E-state index in [1.807, 2.05) is 52.0 Å². The van der Waals surface area contributed by atoms with Crippen molar-refractivity contribution in [2.45, 2.75) is 34.1 Å². The molecule has 7 heteroatoms. The summed E-state index contributed by atoms with van der Waals surface area (Å²) < 4.78 is 0. The fourth-order valence-corrected chi connectivity index (χ4v) is 3.09. The van der Waals surface area contributed by atoms with Crippen LogP contribution in [0, 0.1) is 12.0 Å². The lowest BCUT2D eigenvalue weighted by Crippen LogP contribution is -2.23. The van der Waals surface area contributed by atoms with Crippen LogP contribution in [0.2, 0.25) is 0 Å². The summed E-state index contributed by atoms with van der Waals surface area (Å²) in [5.41, 5.74) is 3.80. The number of aromatic nitrogens is 3. The summed E-state index contributed by atoms with van der Waals surface area (Å²) in [5, 5.41) is 2.63. The van der Waals surface area contributed by atoms with Gasteiger partial charge in [0, 0.05) is 24.6 Å². The predicted octanol–water partition coefficient (Wildman–Crippen LogP) is 4.17. The Balaban J connectivity index is 1.82. The first kappa shape index (κ1) is 21.9. The highest BCUT2D eigenvalue weighted by Gasteiger charge is 2.26. The van der Waals surface area contributed by atoms with E-state index in [0.717, 1.165) is 16.8 Å². The fraction of sp³-hybridized carbons (Fsp3) is 0.292. The molecule has 2 N–H and O–H groups in total. The number of Topliss-reactive ketones (excluding diaryl/α,β-unsaturated/α-hetero) is 1. The molecule has 158 valence electrons. The van der Waals surface area contributed by atoms with Crippen molar-refractivity contribution in [2.24, 2.45) is 5.41 Å². The maximum atomic E-state index is 12.7. The molecule has 2 aromatic heterocycles. The molecule has 0 atom stereocenters. The Kier molecular flexibility index (Phi) is 6.30. The predicted molar refractivity (Wildman–Crippen MR) is 120 cm³/mol. The lowest BCUT2D eigenvalue weighted by Gasteiger charge is -2.15. The summed E-state index contributed by atoms with van der Waals surface area (Å²) in [7, 11) is 0. The van der Waals surface area contributed by atoms with E-state index < -0.39 is 5.41 Å². The molecule has 7 nitrogen and oxygen atoms in total. The highest BCUT2D eigenvalue weighted by atomic mass is 16.2. The second-order valence-electron chi connectivity index (χ2n) is 8.26. The monoisotopic (exact) mass is 415 g/mol. The highest BCUT2D eigenvalue weighted by molar-refractivity contribution is 6.08. The molecule has 0 unspecified atom stereocenters. The number of aromatic amines is 1. The van der Waals surface area contributed by atoms with Gasteiger partial charge in [-0.05, 0) is 24.1 Å². The molecule has 3 rings (SSSR count). The molecule has 1 aromatic carbocycles. The zero-order valence-electron chi connectivity index (χ0n) is 18.1. The summed E-state index contributed by atoms with van der Waals surface area (Å²) in [4.78, 5) is 40.0. The van der Waals surface area contributed by atoms with Crippen molar-refractivity contribution in [1.29, 1.82) is 0 Å². The third-order valence-electron chi connectivity index (χ3n) is 4.72. The third-order valence-corrected chi connectivity index (χ3v) is 4.72. The Labute approximate surface area is 181 Å². The van der Waals surface area contributed by atoms with Crippen LogP contribution in [0.15, 0.2) is 42.4 Å². The highest BCUT2D eigenvalue weighted by Crippen LogP contribution is 2.25. The second-order valence-corrected chi connectivity index (χ2v) is 8.26. The molecule has 31 heavy (non-hydrogen) atoms. The molecule has 0 spiro atoms. The fourth-order valence-electron chi connectivity index (χ4n) is 3.09. The summed E-state index contributed by atoms with van der Waals surface area (Å²) in [6.07, 6.45) is 5.49. The number of benzene rings is 1. The maximum absolute atomic E-state index is 12.7. The van der Waals surface area contributed by atoms with E-state index in [1.165, 1.54) is 0 Å². The molecule has 1 amide bonds. The van der Waals surface area contributed by atoms with Crippen LogP contribution in [0.5, 0.6) is 0 Å². The summed E-state index contributed by atoms with van der Waals surface area (Å²) in [6, 6.07) is 7.57. The molecule has 3 aromatic rings.